The molecule has 10 heavy (non-hydrogen) atoms. The van der Waals surface area contributed by atoms with Gasteiger partial charge in [0.1, 0.15) is 0 Å². The van der Waals surface area contributed by atoms with Crippen LogP contribution < -0.4 is 12.3 Å². The normalized spacial score (nSPS) is 22.2. The van der Waals surface area contributed by atoms with E-state index in [1.165, 1.54) is 18.9 Å². The maximum atomic E-state index is 5.60. The molecule has 64 valence electrons. The van der Waals surface area contributed by atoms with Gasteiger partial charge in [-0.15, -0.1) is 0 Å². The fourth-order valence-corrected chi connectivity index (χ4v) is 3.02. The molecule has 1 aliphatic heterocycles. The molecule has 0 bridgehead atoms. The summed E-state index contributed by atoms with van der Waals surface area (Å²) in [4.78, 5) is 0. The first-order valence-corrected chi connectivity index (χ1v) is 6.46. The summed E-state index contributed by atoms with van der Waals surface area (Å²) < 4.78 is 5.60. The second-order valence-electron chi connectivity index (χ2n) is 3.07. The van der Waals surface area contributed by atoms with E-state index in [4.69, 9.17) is 4.43 Å². The zero-order chi connectivity index (χ0) is 6.04. The molecule has 0 saturated carbocycles. The Kier molecular flexibility index (Phi) is 6.17. The predicted octanol–water partition coefficient (Wildman–Crippen LogP) is 2.33. The molecule has 0 radical (unpaired) electrons. The molecule has 0 unspecified atom stereocenters. The molecule has 1 heterocycles. The van der Waals surface area contributed by atoms with Crippen molar-refractivity contribution in [3.05, 3.63) is 0 Å². The first-order valence-electron chi connectivity index (χ1n) is 3.35. The summed E-state index contributed by atoms with van der Waals surface area (Å²) in [6.45, 7) is 5.62. The highest BCUT2D eigenvalue weighted by Crippen LogP contribution is 2.20. The molecule has 0 aromatic carbocycles. The van der Waals surface area contributed by atoms with Crippen LogP contribution in [0.1, 0.15) is 12.8 Å². The van der Waals surface area contributed by atoms with Gasteiger partial charge in [-0.3, -0.25) is 0 Å². The van der Waals surface area contributed by atoms with Gasteiger partial charge in [0.2, 0.25) is 0 Å². The van der Waals surface area contributed by atoms with Gasteiger partial charge >= 0.3 is 0 Å². The van der Waals surface area contributed by atoms with Crippen molar-refractivity contribution >= 4 is 8.32 Å². The lowest BCUT2D eigenvalue weighted by molar-refractivity contribution is 0.275. The summed E-state index contributed by atoms with van der Waals surface area (Å²) in [5.41, 5.74) is 0. The Morgan fingerprint density at radius 3 is 1.90 bits per heavy atom. The fraction of sp³-hybridized carbons (Fsp3) is 1.00. The molecular weight excluding hydrogens is 144 g/mol. The smallest absolute Gasteiger partial charge is 0.186 e. The second kappa shape index (κ2) is 4.84. The van der Waals surface area contributed by atoms with Crippen molar-refractivity contribution in [3.63, 3.8) is 0 Å². The van der Waals surface area contributed by atoms with E-state index in [9.17, 15) is 0 Å². The van der Waals surface area contributed by atoms with Crippen molar-refractivity contribution < 1.29 is 4.43 Å². The van der Waals surface area contributed by atoms with Crippen LogP contribution in [0.5, 0.6) is 0 Å². The Morgan fingerprint density at radius 2 is 1.70 bits per heavy atom. The van der Waals surface area contributed by atoms with Gasteiger partial charge in [-0.25, -0.2) is 0 Å². The highest BCUT2D eigenvalue weighted by Gasteiger charge is 2.24. The van der Waals surface area contributed by atoms with Crippen LogP contribution in [-0.4, -0.2) is 14.9 Å². The first-order chi connectivity index (χ1) is 3.71. The lowest BCUT2D eigenvalue weighted by Gasteiger charge is -2.27. The lowest BCUT2D eigenvalue weighted by atomic mass is 10.4. The summed E-state index contributed by atoms with van der Waals surface area (Å²) >= 11 is 0. The highest BCUT2D eigenvalue weighted by molar-refractivity contribution is 6.71. The molecular formula is C6H20N2OSi. The standard InChI is InChI=1S/C6H14OSi.2H3N/c1-8(2)6-4-3-5-7-8;;/h3-6H2,1-2H3;2*1H3. The third-order valence-corrected chi connectivity index (χ3v) is 4.21. The first kappa shape index (κ1) is 12.7. The molecule has 3 nitrogen and oxygen atoms in total. The van der Waals surface area contributed by atoms with E-state index in [2.05, 4.69) is 13.1 Å². The van der Waals surface area contributed by atoms with Crippen LogP contribution in [0.2, 0.25) is 19.1 Å². The molecule has 0 spiro atoms. The molecule has 6 N–H and O–H groups in total. The number of hydrogen-bond acceptors (Lipinski definition) is 3. The van der Waals surface area contributed by atoms with Gasteiger partial charge < -0.3 is 16.7 Å². The van der Waals surface area contributed by atoms with Gasteiger partial charge in [0.15, 0.2) is 8.32 Å². The van der Waals surface area contributed by atoms with Crippen molar-refractivity contribution in [3.8, 4) is 0 Å². The summed E-state index contributed by atoms with van der Waals surface area (Å²) in [5, 5.41) is 0. The quantitative estimate of drug-likeness (QED) is 0.539. The summed E-state index contributed by atoms with van der Waals surface area (Å²) in [5.74, 6) is 0. The van der Waals surface area contributed by atoms with Crippen LogP contribution in [0.15, 0.2) is 0 Å². The van der Waals surface area contributed by atoms with Gasteiger partial charge in [-0.05, 0) is 25.6 Å². The van der Waals surface area contributed by atoms with E-state index in [1.54, 1.807) is 0 Å². The maximum absolute atomic E-state index is 5.60. The lowest BCUT2D eigenvalue weighted by Crippen LogP contribution is -2.33. The highest BCUT2D eigenvalue weighted by atomic mass is 28.4. The van der Waals surface area contributed by atoms with Crippen LogP contribution in [0.4, 0.5) is 0 Å². The fourth-order valence-electron chi connectivity index (χ4n) is 1.07. The van der Waals surface area contributed by atoms with Crippen molar-refractivity contribution in [2.45, 2.75) is 32.0 Å². The van der Waals surface area contributed by atoms with Gasteiger partial charge in [-0.1, -0.05) is 6.42 Å². The maximum Gasteiger partial charge on any atom is 0.186 e. The molecule has 0 aromatic rings. The largest absolute Gasteiger partial charge is 0.417 e. The average molecular weight is 164 g/mol. The van der Waals surface area contributed by atoms with E-state index in [0.29, 0.717) is 0 Å². The zero-order valence-electron chi connectivity index (χ0n) is 7.15. The van der Waals surface area contributed by atoms with Crippen molar-refractivity contribution in [2.24, 2.45) is 0 Å². The van der Waals surface area contributed by atoms with Crippen LogP contribution in [0, 0.1) is 0 Å². The minimum absolute atomic E-state index is 0. The Morgan fingerprint density at radius 1 is 1.10 bits per heavy atom. The van der Waals surface area contributed by atoms with E-state index in [0.717, 1.165) is 6.61 Å². The summed E-state index contributed by atoms with van der Waals surface area (Å²) in [6.07, 6.45) is 2.69. The summed E-state index contributed by atoms with van der Waals surface area (Å²) in [7, 11) is -1.09. The van der Waals surface area contributed by atoms with Gasteiger partial charge in [0.25, 0.3) is 0 Å². The van der Waals surface area contributed by atoms with Crippen LogP contribution in [0.3, 0.4) is 0 Å². The van der Waals surface area contributed by atoms with Crippen molar-refractivity contribution in [2.75, 3.05) is 6.61 Å². The minimum Gasteiger partial charge on any atom is -0.417 e. The van der Waals surface area contributed by atoms with Gasteiger partial charge in [-0.2, -0.15) is 0 Å². The van der Waals surface area contributed by atoms with E-state index in [-0.39, 0.29) is 12.3 Å². The molecule has 4 heteroatoms. The number of hydrogen-bond donors (Lipinski definition) is 2. The van der Waals surface area contributed by atoms with Crippen molar-refractivity contribution in [1.82, 2.24) is 12.3 Å². The molecule has 0 aliphatic carbocycles. The Balaban J connectivity index is 0. The van der Waals surface area contributed by atoms with Crippen molar-refractivity contribution in [1.29, 1.82) is 0 Å². The Hall–Kier alpha value is 0.0969. The van der Waals surface area contributed by atoms with Crippen LogP contribution >= 0.6 is 0 Å². The van der Waals surface area contributed by atoms with E-state index in [1.807, 2.05) is 0 Å². The number of rotatable bonds is 0. The Labute approximate surface area is 64.4 Å². The molecule has 0 atom stereocenters. The van der Waals surface area contributed by atoms with E-state index < -0.39 is 8.32 Å². The third kappa shape index (κ3) is 4.00. The summed E-state index contributed by atoms with van der Waals surface area (Å²) in [6, 6.07) is 1.37. The minimum atomic E-state index is -1.09. The monoisotopic (exact) mass is 164 g/mol. The molecule has 0 aromatic heterocycles. The SMILES string of the molecule is C[Si]1(C)CCCCO1.N.N. The molecule has 0 amide bonds. The van der Waals surface area contributed by atoms with Gasteiger partial charge in [0.05, 0.1) is 0 Å². The topological polar surface area (TPSA) is 79.2 Å². The average Bonchev–Trinajstić information content (AvgIpc) is 1.65. The zero-order valence-corrected chi connectivity index (χ0v) is 8.15. The van der Waals surface area contributed by atoms with Crippen LogP contribution in [0.25, 0.3) is 0 Å². The van der Waals surface area contributed by atoms with E-state index >= 15 is 0 Å². The molecule has 1 aliphatic rings. The molecule has 1 saturated heterocycles. The predicted molar refractivity (Wildman–Crippen MR) is 47.5 cm³/mol. The molecule has 1 fully saturated rings. The van der Waals surface area contributed by atoms with Gasteiger partial charge in [0, 0.05) is 6.61 Å². The Bertz CT molecular complexity index is 79.8. The second-order valence-corrected chi connectivity index (χ2v) is 7.37. The third-order valence-electron chi connectivity index (χ3n) is 1.67. The molecule has 1 rings (SSSR count). The van der Waals surface area contributed by atoms with Crippen LogP contribution in [-0.2, 0) is 4.43 Å².